The van der Waals surface area contributed by atoms with E-state index in [1.807, 2.05) is 0 Å². The lowest BCUT2D eigenvalue weighted by Gasteiger charge is -2.33. The number of fused-ring (bicyclic) bond motifs is 1. The first-order valence-corrected chi connectivity index (χ1v) is 9.72. The number of carbonyl (C=O) groups is 1. The standard InChI is InChI=1S/C20H15Cl2F3N4O/c21-13-7-6-12(8-14(13)22)26-19(30)16-10-18-27-15(11-4-2-1-3-5-11)9-17(20(23,24)25)29(18)28-16/h1-8,10,15,17,27H,9H2,(H,26,30)/t15-,17+/m1/s1. The molecule has 2 atom stereocenters. The molecule has 1 aliphatic heterocycles. The predicted octanol–water partition coefficient (Wildman–Crippen LogP) is 6.10. The fraction of sp³-hybridized carbons (Fsp3) is 0.200. The highest BCUT2D eigenvalue weighted by Gasteiger charge is 2.46. The van der Waals surface area contributed by atoms with Gasteiger partial charge in [0.1, 0.15) is 5.82 Å². The van der Waals surface area contributed by atoms with Crippen molar-refractivity contribution >= 4 is 40.6 Å². The molecule has 2 N–H and O–H groups in total. The fourth-order valence-electron chi connectivity index (χ4n) is 3.36. The first-order chi connectivity index (χ1) is 14.2. The van der Waals surface area contributed by atoms with Gasteiger partial charge in [-0.05, 0) is 23.8 Å². The molecule has 2 heterocycles. The van der Waals surface area contributed by atoms with Crippen LogP contribution in [0.15, 0.2) is 54.6 Å². The minimum atomic E-state index is -4.52. The molecule has 0 bridgehead atoms. The lowest BCUT2D eigenvalue weighted by atomic mass is 9.97. The summed E-state index contributed by atoms with van der Waals surface area (Å²) in [7, 11) is 0. The van der Waals surface area contributed by atoms with Crippen LogP contribution >= 0.6 is 23.2 Å². The van der Waals surface area contributed by atoms with Gasteiger partial charge in [-0.2, -0.15) is 18.3 Å². The molecular weight excluding hydrogens is 440 g/mol. The molecule has 4 rings (SSSR count). The minimum absolute atomic E-state index is 0.122. The highest BCUT2D eigenvalue weighted by Crippen LogP contribution is 2.43. The van der Waals surface area contributed by atoms with Crippen LogP contribution in [0.5, 0.6) is 0 Å². The molecule has 0 aliphatic carbocycles. The summed E-state index contributed by atoms with van der Waals surface area (Å²) in [4.78, 5) is 12.6. The molecule has 0 saturated heterocycles. The Morgan fingerprint density at radius 1 is 1.10 bits per heavy atom. The summed E-state index contributed by atoms with van der Waals surface area (Å²) in [5, 5.41) is 10.1. The van der Waals surface area contributed by atoms with Crippen molar-refractivity contribution in [2.24, 2.45) is 0 Å². The van der Waals surface area contributed by atoms with Crippen molar-refractivity contribution in [3.05, 3.63) is 75.9 Å². The van der Waals surface area contributed by atoms with Crippen LogP contribution in [0.25, 0.3) is 0 Å². The minimum Gasteiger partial charge on any atom is -0.363 e. The van der Waals surface area contributed by atoms with Crippen LogP contribution < -0.4 is 10.6 Å². The van der Waals surface area contributed by atoms with Gasteiger partial charge in [0, 0.05) is 18.2 Å². The Hall–Kier alpha value is -2.71. The summed E-state index contributed by atoms with van der Waals surface area (Å²) in [5.41, 5.74) is 0.926. The van der Waals surface area contributed by atoms with Crippen LogP contribution in [-0.2, 0) is 0 Å². The second-order valence-corrected chi connectivity index (χ2v) is 7.66. The first-order valence-electron chi connectivity index (χ1n) is 8.96. The number of nitrogens with zero attached hydrogens (tertiary/aromatic N) is 2. The van der Waals surface area contributed by atoms with Gasteiger partial charge in [-0.3, -0.25) is 4.79 Å². The summed E-state index contributed by atoms with van der Waals surface area (Å²) in [6.07, 6.45) is -4.76. The van der Waals surface area contributed by atoms with Crippen molar-refractivity contribution in [3.63, 3.8) is 0 Å². The number of halogens is 5. The molecule has 30 heavy (non-hydrogen) atoms. The van der Waals surface area contributed by atoms with Gasteiger partial charge >= 0.3 is 6.18 Å². The molecular formula is C20H15Cl2F3N4O. The van der Waals surface area contributed by atoms with Crippen LogP contribution in [0, 0.1) is 0 Å². The van der Waals surface area contributed by atoms with E-state index in [4.69, 9.17) is 23.2 Å². The molecule has 3 aromatic rings. The van der Waals surface area contributed by atoms with Gasteiger partial charge in [-0.15, -0.1) is 0 Å². The normalized spacial score (nSPS) is 18.4. The Bertz CT molecular complexity index is 1090. The Labute approximate surface area is 179 Å². The topological polar surface area (TPSA) is 59.0 Å². The van der Waals surface area contributed by atoms with E-state index in [0.717, 1.165) is 10.2 Å². The molecule has 1 amide bonds. The predicted molar refractivity (Wildman–Crippen MR) is 109 cm³/mol. The zero-order chi connectivity index (χ0) is 21.5. The van der Waals surface area contributed by atoms with E-state index in [-0.39, 0.29) is 23.0 Å². The average molecular weight is 455 g/mol. The van der Waals surface area contributed by atoms with Gasteiger partial charge in [-0.25, -0.2) is 4.68 Å². The summed E-state index contributed by atoms with van der Waals surface area (Å²) in [6, 6.07) is 12.2. The largest absolute Gasteiger partial charge is 0.410 e. The summed E-state index contributed by atoms with van der Waals surface area (Å²) < 4.78 is 42.0. The second kappa shape index (κ2) is 7.85. The third-order valence-electron chi connectivity index (χ3n) is 4.80. The first kappa shape index (κ1) is 20.6. The maximum Gasteiger partial charge on any atom is 0.410 e. The molecule has 1 aromatic heterocycles. The Balaban J connectivity index is 1.63. The molecule has 0 unspecified atom stereocenters. The van der Waals surface area contributed by atoms with Crippen molar-refractivity contribution in [3.8, 4) is 0 Å². The van der Waals surface area contributed by atoms with Crippen molar-refractivity contribution in [1.29, 1.82) is 0 Å². The Kier molecular flexibility index (Phi) is 5.38. The van der Waals surface area contributed by atoms with E-state index in [2.05, 4.69) is 15.7 Å². The third-order valence-corrected chi connectivity index (χ3v) is 5.54. The van der Waals surface area contributed by atoms with Gasteiger partial charge in [0.25, 0.3) is 5.91 Å². The van der Waals surface area contributed by atoms with E-state index in [9.17, 15) is 18.0 Å². The Morgan fingerprint density at radius 2 is 1.83 bits per heavy atom. The van der Waals surface area contributed by atoms with Crippen LogP contribution in [0.4, 0.5) is 24.7 Å². The molecule has 0 fully saturated rings. The summed E-state index contributed by atoms with van der Waals surface area (Å²) in [5.74, 6) is -0.536. The molecule has 0 radical (unpaired) electrons. The smallest absolute Gasteiger partial charge is 0.363 e. The second-order valence-electron chi connectivity index (χ2n) is 6.84. The monoisotopic (exact) mass is 454 g/mol. The van der Waals surface area contributed by atoms with E-state index in [0.29, 0.717) is 10.7 Å². The number of benzene rings is 2. The number of hydrogen-bond acceptors (Lipinski definition) is 3. The number of amides is 1. The van der Waals surface area contributed by atoms with Crippen molar-refractivity contribution < 1.29 is 18.0 Å². The van der Waals surface area contributed by atoms with Crippen LogP contribution in [0.3, 0.4) is 0 Å². The molecule has 1 aliphatic rings. The third kappa shape index (κ3) is 4.11. The number of rotatable bonds is 3. The molecule has 156 valence electrons. The number of hydrogen-bond donors (Lipinski definition) is 2. The van der Waals surface area contributed by atoms with Crippen molar-refractivity contribution in [2.45, 2.75) is 24.7 Å². The van der Waals surface area contributed by atoms with Gasteiger partial charge in [0.2, 0.25) is 0 Å². The SMILES string of the molecule is O=C(Nc1ccc(Cl)c(Cl)c1)c1cc2n(n1)[C@H](C(F)(F)F)C[C@H](c1ccccc1)N2. The average Bonchev–Trinajstić information content (AvgIpc) is 3.14. The maximum atomic E-state index is 13.7. The lowest BCUT2D eigenvalue weighted by molar-refractivity contribution is -0.173. The Morgan fingerprint density at radius 3 is 2.50 bits per heavy atom. The lowest BCUT2D eigenvalue weighted by Crippen LogP contribution is -2.35. The molecule has 0 spiro atoms. The maximum absolute atomic E-state index is 13.7. The van der Waals surface area contributed by atoms with E-state index in [1.165, 1.54) is 24.3 Å². The fourth-order valence-corrected chi connectivity index (χ4v) is 3.66. The number of nitrogens with one attached hydrogen (secondary N) is 2. The van der Waals surface area contributed by atoms with E-state index < -0.39 is 24.2 Å². The van der Waals surface area contributed by atoms with Crippen molar-refractivity contribution in [2.75, 3.05) is 10.6 Å². The van der Waals surface area contributed by atoms with Gasteiger partial charge < -0.3 is 10.6 Å². The molecule has 10 heteroatoms. The number of carbonyl (C=O) groups excluding carboxylic acids is 1. The van der Waals surface area contributed by atoms with E-state index in [1.54, 1.807) is 30.3 Å². The van der Waals surface area contributed by atoms with Crippen LogP contribution in [-0.4, -0.2) is 21.9 Å². The number of aromatic nitrogens is 2. The highest BCUT2D eigenvalue weighted by molar-refractivity contribution is 6.42. The van der Waals surface area contributed by atoms with E-state index >= 15 is 0 Å². The number of alkyl halides is 3. The quantitative estimate of drug-likeness (QED) is 0.502. The summed E-state index contributed by atoms with van der Waals surface area (Å²) in [6.45, 7) is 0. The molecule has 0 saturated carbocycles. The molecule has 2 aromatic carbocycles. The van der Waals surface area contributed by atoms with Gasteiger partial charge in [0.15, 0.2) is 11.7 Å². The van der Waals surface area contributed by atoms with Crippen molar-refractivity contribution in [1.82, 2.24) is 9.78 Å². The molecule has 5 nitrogen and oxygen atoms in total. The zero-order valence-corrected chi connectivity index (χ0v) is 16.8. The highest BCUT2D eigenvalue weighted by atomic mass is 35.5. The van der Waals surface area contributed by atoms with Gasteiger partial charge in [0.05, 0.1) is 16.1 Å². The zero-order valence-electron chi connectivity index (χ0n) is 15.3. The van der Waals surface area contributed by atoms with Crippen LogP contribution in [0.1, 0.15) is 34.6 Å². The van der Waals surface area contributed by atoms with Crippen LogP contribution in [0.2, 0.25) is 10.0 Å². The van der Waals surface area contributed by atoms with Gasteiger partial charge in [-0.1, -0.05) is 53.5 Å². The number of anilines is 2. The summed E-state index contributed by atoms with van der Waals surface area (Å²) >= 11 is 11.8.